The Labute approximate surface area is 128 Å². The number of nitrogens with two attached hydrogens (primary N) is 1. The normalized spacial score (nSPS) is 25.7. The molecule has 0 radical (unpaired) electrons. The lowest BCUT2D eigenvalue weighted by Gasteiger charge is -2.40. The van der Waals surface area contributed by atoms with Gasteiger partial charge in [0.25, 0.3) is 0 Å². The maximum Gasteiger partial charge on any atom is 0.0474 e. The molecule has 0 saturated carbocycles. The average Bonchev–Trinajstić information content (AvgIpc) is 2.35. The van der Waals surface area contributed by atoms with Gasteiger partial charge in [-0.25, -0.2) is 0 Å². The summed E-state index contributed by atoms with van der Waals surface area (Å²) in [6.07, 6.45) is 0. The van der Waals surface area contributed by atoms with Gasteiger partial charge in [0.15, 0.2) is 0 Å². The first-order valence-corrected chi connectivity index (χ1v) is 8.54. The van der Waals surface area contributed by atoms with Gasteiger partial charge in [-0.05, 0) is 43.0 Å². The van der Waals surface area contributed by atoms with Crippen LogP contribution in [0.15, 0.2) is 12.1 Å². The Kier molecular flexibility index (Phi) is 5.16. The van der Waals surface area contributed by atoms with E-state index < -0.39 is 0 Å². The summed E-state index contributed by atoms with van der Waals surface area (Å²) < 4.78 is 0. The van der Waals surface area contributed by atoms with Crippen LogP contribution >= 0.6 is 11.8 Å². The zero-order chi connectivity index (χ0) is 14.9. The van der Waals surface area contributed by atoms with E-state index in [2.05, 4.69) is 63.4 Å². The van der Waals surface area contributed by atoms with Gasteiger partial charge in [-0.1, -0.05) is 26.0 Å². The van der Waals surface area contributed by atoms with E-state index in [4.69, 9.17) is 5.73 Å². The third kappa shape index (κ3) is 3.38. The quantitative estimate of drug-likeness (QED) is 0.925. The number of rotatable bonds is 3. The van der Waals surface area contributed by atoms with Crippen molar-refractivity contribution >= 4 is 11.8 Å². The van der Waals surface area contributed by atoms with E-state index in [0.29, 0.717) is 23.1 Å². The van der Waals surface area contributed by atoms with E-state index in [1.807, 2.05) is 0 Å². The van der Waals surface area contributed by atoms with Crippen molar-refractivity contribution in [3.05, 3.63) is 34.4 Å². The Bertz CT molecular complexity index is 462. The molecule has 1 fully saturated rings. The molecule has 2 rings (SSSR count). The smallest absolute Gasteiger partial charge is 0.0474 e. The van der Waals surface area contributed by atoms with E-state index in [1.54, 1.807) is 0 Å². The van der Waals surface area contributed by atoms with Crippen LogP contribution in [0.2, 0.25) is 0 Å². The number of benzene rings is 1. The van der Waals surface area contributed by atoms with Crippen LogP contribution in [0.3, 0.4) is 0 Å². The second-order valence-electron chi connectivity index (χ2n) is 6.26. The molecule has 1 heterocycles. The molecule has 1 aliphatic rings. The van der Waals surface area contributed by atoms with Crippen molar-refractivity contribution < 1.29 is 0 Å². The van der Waals surface area contributed by atoms with Crippen molar-refractivity contribution in [3.63, 3.8) is 0 Å². The van der Waals surface area contributed by atoms with Gasteiger partial charge in [0.1, 0.15) is 0 Å². The number of nitrogens with zero attached hydrogens (tertiary/aromatic N) is 1. The highest BCUT2D eigenvalue weighted by atomic mass is 32.2. The van der Waals surface area contributed by atoms with E-state index in [1.165, 1.54) is 22.3 Å². The summed E-state index contributed by atoms with van der Waals surface area (Å²) >= 11 is 2.10. The topological polar surface area (TPSA) is 29.3 Å². The van der Waals surface area contributed by atoms with E-state index >= 15 is 0 Å². The summed E-state index contributed by atoms with van der Waals surface area (Å²) in [5.74, 6) is 0. The molecule has 0 aliphatic carbocycles. The molecule has 20 heavy (non-hydrogen) atoms. The van der Waals surface area contributed by atoms with Gasteiger partial charge in [0, 0.05) is 36.2 Å². The summed E-state index contributed by atoms with van der Waals surface area (Å²) in [7, 11) is 0. The largest absolute Gasteiger partial charge is 0.329 e. The molecule has 1 saturated heterocycles. The third-order valence-corrected chi connectivity index (χ3v) is 5.58. The van der Waals surface area contributed by atoms with Crippen molar-refractivity contribution in [1.82, 2.24) is 4.90 Å². The molecular formula is C17H28N2S. The molecule has 3 unspecified atom stereocenters. The zero-order valence-electron chi connectivity index (χ0n) is 13.4. The molecule has 0 spiro atoms. The molecule has 3 heteroatoms. The van der Waals surface area contributed by atoms with Gasteiger partial charge in [-0.2, -0.15) is 11.8 Å². The third-order valence-electron chi connectivity index (χ3n) is 4.35. The Morgan fingerprint density at radius 2 is 1.65 bits per heavy atom. The second kappa shape index (κ2) is 6.50. The number of hydrogen-bond acceptors (Lipinski definition) is 3. The zero-order valence-corrected chi connectivity index (χ0v) is 14.3. The summed E-state index contributed by atoms with van der Waals surface area (Å²) in [6, 6.07) is 5.01. The van der Waals surface area contributed by atoms with Crippen LogP contribution in [-0.2, 0) is 0 Å². The fourth-order valence-corrected chi connectivity index (χ4v) is 4.63. The van der Waals surface area contributed by atoms with Gasteiger partial charge in [-0.15, -0.1) is 0 Å². The fraction of sp³-hybridized carbons (Fsp3) is 0.647. The first-order valence-electron chi connectivity index (χ1n) is 7.59. The summed E-state index contributed by atoms with van der Waals surface area (Å²) in [5, 5.41) is 1.39. The first kappa shape index (κ1) is 15.9. The molecule has 0 bridgehead atoms. The highest BCUT2D eigenvalue weighted by molar-refractivity contribution is 8.00. The van der Waals surface area contributed by atoms with Crippen LogP contribution in [0.25, 0.3) is 0 Å². The van der Waals surface area contributed by atoms with Crippen LogP contribution in [-0.4, -0.2) is 35.0 Å². The summed E-state index contributed by atoms with van der Waals surface area (Å²) in [6.45, 7) is 14.2. The average molecular weight is 292 g/mol. The number of hydrogen-bond donors (Lipinski definition) is 1. The molecule has 2 nitrogen and oxygen atoms in total. The van der Waals surface area contributed by atoms with Crippen LogP contribution in [0.1, 0.15) is 42.1 Å². The predicted molar refractivity (Wildman–Crippen MR) is 90.5 cm³/mol. The minimum atomic E-state index is 0.361. The van der Waals surface area contributed by atoms with Crippen LogP contribution in [0, 0.1) is 20.8 Å². The van der Waals surface area contributed by atoms with Crippen molar-refractivity contribution in [2.45, 2.75) is 51.2 Å². The number of thioether (sulfide) groups is 1. The Balaban J connectivity index is 2.30. The van der Waals surface area contributed by atoms with Crippen LogP contribution in [0.4, 0.5) is 0 Å². The fourth-order valence-electron chi connectivity index (χ4n) is 3.29. The molecule has 112 valence electrons. The van der Waals surface area contributed by atoms with Gasteiger partial charge in [0.05, 0.1) is 0 Å². The van der Waals surface area contributed by atoms with Crippen LogP contribution in [0.5, 0.6) is 0 Å². The van der Waals surface area contributed by atoms with Crippen molar-refractivity contribution in [2.75, 3.05) is 19.6 Å². The molecule has 0 amide bonds. The van der Waals surface area contributed by atoms with E-state index in [9.17, 15) is 0 Å². The standard InChI is InChI=1S/C17H28N2S/c1-11-6-13(3)16(7-12(11)2)17(8-18)19-9-14(4)20-15(5)10-19/h6-7,14-15,17H,8-10,18H2,1-5H3. The predicted octanol–water partition coefficient (Wildman–Crippen LogP) is 3.44. The maximum absolute atomic E-state index is 6.14. The highest BCUT2D eigenvalue weighted by Gasteiger charge is 2.28. The van der Waals surface area contributed by atoms with Crippen molar-refractivity contribution in [1.29, 1.82) is 0 Å². The Morgan fingerprint density at radius 1 is 1.10 bits per heavy atom. The van der Waals surface area contributed by atoms with Gasteiger partial charge in [-0.3, -0.25) is 4.90 Å². The van der Waals surface area contributed by atoms with Gasteiger partial charge in [0.2, 0.25) is 0 Å². The lowest BCUT2D eigenvalue weighted by Crippen LogP contribution is -2.45. The monoisotopic (exact) mass is 292 g/mol. The van der Waals surface area contributed by atoms with Gasteiger partial charge < -0.3 is 5.73 Å². The Morgan fingerprint density at radius 3 is 2.20 bits per heavy atom. The summed E-state index contributed by atoms with van der Waals surface area (Å²) in [4.78, 5) is 2.59. The Hall–Kier alpha value is -0.510. The molecule has 1 aromatic rings. The molecular weight excluding hydrogens is 264 g/mol. The summed E-state index contributed by atoms with van der Waals surface area (Å²) in [5.41, 5.74) is 11.7. The molecule has 1 aliphatic heterocycles. The molecule has 3 atom stereocenters. The molecule has 0 aromatic heterocycles. The minimum Gasteiger partial charge on any atom is -0.329 e. The van der Waals surface area contributed by atoms with Crippen LogP contribution < -0.4 is 5.73 Å². The van der Waals surface area contributed by atoms with Gasteiger partial charge >= 0.3 is 0 Å². The second-order valence-corrected chi connectivity index (χ2v) is 8.14. The first-order chi connectivity index (χ1) is 9.42. The van der Waals surface area contributed by atoms with Crippen molar-refractivity contribution in [3.8, 4) is 0 Å². The lowest BCUT2D eigenvalue weighted by atomic mass is 9.94. The van der Waals surface area contributed by atoms with E-state index in [-0.39, 0.29) is 0 Å². The van der Waals surface area contributed by atoms with Crippen molar-refractivity contribution in [2.24, 2.45) is 5.73 Å². The molecule has 1 aromatic carbocycles. The minimum absolute atomic E-state index is 0.361. The lowest BCUT2D eigenvalue weighted by molar-refractivity contribution is 0.199. The molecule has 2 N–H and O–H groups in total. The SMILES string of the molecule is Cc1cc(C)c(C(CN)N2CC(C)SC(C)C2)cc1C. The number of aryl methyl sites for hydroxylation is 3. The maximum atomic E-state index is 6.14. The highest BCUT2D eigenvalue weighted by Crippen LogP contribution is 2.32. The van der Waals surface area contributed by atoms with E-state index in [0.717, 1.165) is 13.1 Å².